The van der Waals surface area contributed by atoms with Gasteiger partial charge in [-0.1, -0.05) is 30.4 Å². The lowest BCUT2D eigenvalue weighted by Crippen LogP contribution is -2.57. The number of fused-ring (bicyclic) bond motifs is 2. The number of esters is 4. The maximum absolute atomic E-state index is 14.2. The highest BCUT2D eigenvalue weighted by Gasteiger charge is 2.57. The van der Waals surface area contributed by atoms with Crippen LogP contribution in [0.25, 0.3) is 0 Å². The van der Waals surface area contributed by atoms with Crippen LogP contribution in [0.4, 0.5) is 0 Å². The predicted molar refractivity (Wildman–Crippen MR) is 183 cm³/mol. The van der Waals surface area contributed by atoms with E-state index in [1.807, 2.05) is 0 Å². The number of methoxy groups -OCH3 is 2. The molecule has 16 nitrogen and oxygen atoms in total. The summed E-state index contributed by atoms with van der Waals surface area (Å²) in [4.78, 5) is 52.6. The van der Waals surface area contributed by atoms with Crippen molar-refractivity contribution in [2.24, 2.45) is 17.8 Å². The van der Waals surface area contributed by atoms with Gasteiger partial charge in [0, 0.05) is 36.7 Å². The van der Waals surface area contributed by atoms with Gasteiger partial charge in [-0.15, -0.1) is 0 Å². The first-order valence-corrected chi connectivity index (χ1v) is 16.5. The monoisotopic (exact) mass is 750 g/mol. The predicted octanol–water partition coefficient (Wildman–Crippen LogP) is 1.74. The molecule has 1 fully saturated rings. The maximum atomic E-state index is 14.2. The third-order valence-corrected chi connectivity index (χ3v) is 9.51. The number of ether oxygens (including phenoxy) is 4. The fourth-order valence-electron chi connectivity index (χ4n) is 6.90. The third-order valence-electron chi connectivity index (χ3n) is 9.51. The Morgan fingerprint density at radius 2 is 1.15 bits per heavy atom. The first-order chi connectivity index (χ1) is 25.6. The Balaban J connectivity index is 1.47. The van der Waals surface area contributed by atoms with Crippen molar-refractivity contribution in [3.05, 3.63) is 95.1 Å². The summed E-state index contributed by atoms with van der Waals surface area (Å²) in [7, 11) is 2.14. The Labute approximate surface area is 307 Å². The first-order valence-electron chi connectivity index (χ1n) is 16.5. The van der Waals surface area contributed by atoms with E-state index in [0.717, 1.165) is 26.4 Å². The Kier molecular flexibility index (Phi) is 11.7. The molecule has 2 bridgehead atoms. The van der Waals surface area contributed by atoms with Gasteiger partial charge in [0.25, 0.3) is 0 Å². The van der Waals surface area contributed by atoms with Crippen molar-refractivity contribution < 1.29 is 79.0 Å². The number of aliphatic hydroxyl groups is 2. The van der Waals surface area contributed by atoms with Crippen LogP contribution in [0.15, 0.2) is 78.4 Å². The van der Waals surface area contributed by atoms with E-state index in [0.29, 0.717) is 5.56 Å². The number of phenols is 6. The molecule has 0 spiro atoms. The average Bonchev–Trinajstić information content (AvgIpc) is 3.14. The highest BCUT2D eigenvalue weighted by Crippen LogP contribution is 2.54. The molecule has 6 rings (SSSR count). The Morgan fingerprint density at radius 1 is 0.648 bits per heavy atom. The summed E-state index contributed by atoms with van der Waals surface area (Å²) in [6.45, 7) is 0. The van der Waals surface area contributed by atoms with Crippen LogP contribution in [0, 0.1) is 17.8 Å². The van der Waals surface area contributed by atoms with E-state index in [1.165, 1.54) is 60.7 Å². The number of phenolic OH excluding ortho intramolecular Hbond substituents is 6. The van der Waals surface area contributed by atoms with Crippen LogP contribution in [-0.4, -0.2) is 103 Å². The number of hydrogen-bond donors (Lipinski definition) is 8. The fourth-order valence-corrected chi connectivity index (χ4v) is 6.90. The van der Waals surface area contributed by atoms with Crippen molar-refractivity contribution in [1.29, 1.82) is 0 Å². The molecular weight excluding hydrogens is 712 g/mol. The van der Waals surface area contributed by atoms with Crippen molar-refractivity contribution in [2.45, 2.75) is 43.2 Å². The van der Waals surface area contributed by atoms with Crippen molar-refractivity contribution in [2.75, 3.05) is 14.2 Å². The molecule has 286 valence electrons. The minimum atomic E-state index is -1.62. The molecule has 16 heteroatoms. The third kappa shape index (κ3) is 8.19. The van der Waals surface area contributed by atoms with Gasteiger partial charge in [-0.25, -0.2) is 14.4 Å². The molecule has 0 saturated heterocycles. The van der Waals surface area contributed by atoms with Gasteiger partial charge in [0.2, 0.25) is 12.2 Å². The van der Waals surface area contributed by atoms with E-state index in [1.54, 1.807) is 0 Å². The van der Waals surface area contributed by atoms with Crippen LogP contribution in [0.3, 0.4) is 0 Å². The van der Waals surface area contributed by atoms with Crippen molar-refractivity contribution >= 4 is 23.9 Å². The molecule has 3 aliphatic carbocycles. The van der Waals surface area contributed by atoms with Crippen LogP contribution in [0.5, 0.6) is 34.5 Å². The van der Waals surface area contributed by atoms with Crippen molar-refractivity contribution in [1.82, 2.24) is 0 Å². The second kappa shape index (κ2) is 16.2. The SMILES string of the molecule is COC(=O)C(Cc1ccc(O)c(O)c1)OC(=O)/C=C/C1=C[C@@H]2[C@H](O)[C@H](O)[C@H]1[C@H](C(=O)OC(Cc1ccc(O)c(O)c1)C(=O)OC)[C@H]2c1ccc(O)c(O)c1. The normalized spacial score (nSPS) is 22.9. The summed E-state index contributed by atoms with van der Waals surface area (Å²) >= 11 is 0. The van der Waals surface area contributed by atoms with Crippen molar-refractivity contribution in [3.63, 3.8) is 0 Å². The van der Waals surface area contributed by atoms with Crippen LogP contribution in [0.1, 0.15) is 22.6 Å². The molecule has 54 heavy (non-hydrogen) atoms. The lowest BCUT2D eigenvalue weighted by atomic mass is 9.55. The number of aliphatic hydroxyl groups excluding tert-OH is 2. The van der Waals surface area contributed by atoms with Gasteiger partial charge in [0.05, 0.1) is 32.3 Å². The molecule has 0 radical (unpaired) electrons. The highest BCUT2D eigenvalue weighted by atomic mass is 16.6. The van der Waals surface area contributed by atoms with Gasteiger partial charge >= 0.3 is 23.9 Å². The van der Waals surface area contributed by atoms with Gasteiger partial charge in [-0.05, 0) is 58.7 Å². The summed E-state index contributed by atoms with van der Waals surface area (Å²) in [5, 5.41) is 81.9. The summed E-state index contributed by atoms with van der Waals surface area (Å²) in [6.07, 6.45) is -3.05. The van der Waals surface area contributed by atoms with Gasteiger partial charge in [-0.3, -0.25) is 4.79 Å². The second-order valence-corrected chi connectivity index (χ2v) is 12.8. The maximum Gasteiger partial charge on any atom is 0.347 e. The van der Waals surface area contributed by atoms with Crippen LogP contribution in [-0.2, 0) is 51.0 Å². The minimum Gasteiger partial charge on any atom is -0.504 e. The Hall–Kier alpha value is -6.26. The molecular formula is C38H38O16. The second-order valence-electron chi connectivity index (χ2n) is 12.8. The molecule has 8 N–H and O–H groups in total. The minimum absolute atomic E-state index is 0.173. The van der Waals surface area contributed by atoms with E-state index in [4.69, 9.17) is 18.9 Å². The largest absolute Gasteiger partial charge is 0.504 e. The summed E-state index contributed by atoms with van der Waals surface area (Å²) < 4.78 is 20.6. The smallest absolute Gasteiger partial charge is 0.347 e. The molecule has 8 atom stereocenters. The van der Waals surface area contributed by atoms with Gasteiger partial charge in [0.15, 0.2) is 34.5 Å². The number of benzene rings is 3. The van der Waals surface area contributed by atoms with Crippen LogP contribution in [0.2, 0.25) is 0 Å². The molecule has 0 aliphatic heterocycles. The fraction of sp³-hybridized carbons (Fsp3) is 0.316. The molecule has 3 aromatic rings. The van der Waals surface area contributed by atoms with E-state index in [-0.39, 0.29) is 29.5 Å². The van der Waals surface area contributed by atoms with E-state index >= 15 is 0 Å². The number of carbonyl (C=O) groups excluding carboxylic acids is 4. The number of rotatable bonds is 12. The quantitative estimate of drug-likeness (QED) is 0.0567. The summed E-state index contributed by atoms with van der Waals surface area (Å²) in [6, 6.07) is 11.2. The van der Waals surface area contributed by atoms with Crippen LogP contribution >= 0.6 is 0 Å². The van der Waals surface area contributed by atoms with Gasteiger partial charge in [-0.2, -0.15) is 0 Å². The molecule has 0 heterocycles. The van der Waals surface area contributed by atoms with Crippen LogP contribution < -0.4 is 0 Å². The first kappa shape index (κ1) is 39.0. The lowest BCUT2D eigenvalue weighted by molar-refractivity contribution is -0.177. The lowest BCUT2D eigenvalue weighted by Gasteiger charge is -2.51. The number of carbonyl (C=O) groups is 4. The standard InChI is InChI=1S/C38H38O16/c1-51-36(48)28(13-17-3-7-22(39)25(42)11-17)53-30(45)10-6-19-15-21-31(20-5-9-24(41)27(44)16-20)33(32(19)35(47)34(21)46)38(50)54-29(37(49)52-2)14-18-4-8-23(40)26(43)12-18/h3-12,15-16,21,28-29,31-35,39-44,46-47H,13-14H2,1-2H3/b10-6+/t21-,28?,29?,31-,32+,33+,34-,35+/m0/s1. The molecule has 1 saturated carbocycles. The molecule has 3 aromatic carbocycles. The zero-order valence-corrected chi connectivity index (χ0v) is 28.8. The summed E-state index contributed by atoms with van der Waals surface area (Å²) in [5.74, 6) is -11.5. The molecule has 3 aliphatic rings. The zero-order chi connectivity index (χ0) is 39.4. The summed E-state index contributed by atoms with van der Waals surface area (Å²) in [5.41, 5.74) is 1.03. The number of aromatic hydroxyl groups is 6. The zero-order valence-electron chi connectivity index (χ0n) is 28.8. The Bertz CT molecular complexity index is 1990. The van der Waals surface area contributed by atoms with Gasteiger partial charge in [0.1, 0.15) is 0 Å². The van der Waals surface area contributed by atoms with Crippen molar-refractivity contribution in [3.8, 4) is 34.5 Å². The molecule has 0 aromatic heterocycles. The van der Waals surface area contributed by atoms with E-state index < -0.39 is 106 Å². The molecule has 2 unspecified atom stereocenters. The van der Waals surface area contributed by atoms with Gasteiger partial charge < -0.3 is 59.8 Å². The number of hydrogen-bond acceptors (Lipinski definition) is 16. The van der Waals surface area contributed by atoms with E-state index in [2.05, 4.69) is 0 Å². The molecule has 0 amide bonds. The highest BCUT2D eigenvalue weighted by molar-refractivity contribution is 5.87. The van der Waals surface area contributed by atoms with E-state index in [9.17, 15) is 60.0 Å². The average molecular weight is 751 g/mol. The number of allylic oxidation sites excluding steroid dienone is 1. The Morgan fingerprint density at radius 3 is 1.65 bits per heavy atom. The topological polar surface area (TPSA) is 267 Å².